The first-order valence-corrected chi connectivity index (χ1v) is 11.7. The van der Waals surface area contributed by atoms with Gasteiger partial charge in [-0.25, -0.2) is 4.98 Å². The van der Waals surface area contributed by atoms with Gasteiger partial charge < -0.3 is 24.5 Å². The highest BCUT2D eigenvalue weighted by Gasteiger charge is 2.29. The summed E-state index contributed by atoms with van der Waals surface area (Å²) in [6.07, 6.45) is 0. The average molecular weight is 493 g/mol. The second-order valence-electron chi connectivity index (χ2n) is 8.93. The number of anilines is 1. The molecule has 0 amide bonds. The lowest BCUT2D eigenvalue weighted by Gasteiger charge is -2.28. The number of rotatable bonds is 6. The van der Waals surface area contributed by atoms with Crippen LogP contribution in [-0.4, -0.2) is 52.3 Å². The van der Waals surface area contributed by atoms with Crippen LogP contribution < -0.4 is 9.64 Å². The lowest BCUT2D eigenvalue weighted by atomic mass is 9.85. The molecular formula is C26H25ClN4O4. The Labute approximate surface area is 207 Å². The monoisotopic (exact) mass is 492 g/mol. The van der Waals surface area contributed by atoms with Gasteiger partial charge in [0.1, 0.15) is 5.75 Å². The Kier molecular flexibility index (Phi) is 6.08. The lowest BCUT2D eigenvalue weighted by molar-refractivity contribution is -0.142. The van der Waals surface area contributed by atoms with Crippen LogP contribution in [0.15, 0.2) is 54.6 Å². The van der Waals surface area contributed by atoms with Gasteiger partial charge in [-0.15, -0.1) is 0 Å². The first-order valence-electron chi connectivity index (χ1n) is 11.3. The predicted octanol–water partition coefficient (Wildman–Crippen LogP) is 5.27. The fraction of sp³-hybridized carbons (Fsp3) is 0.269. The number of aliphatic carboxylic acids is 1. The van der Waals surface area contributed by atoms with Crippen LogP contribution >= 0.6 is 11.6 Å². The van der Waals surface area contributed by atoms with Gasteiger partial charge in [0.2, 0.25) is 0 Å². The van der Waals surface area contributed by atoms with Crippen LogP contribution in [0.3, 0.4) is 0 Å². The Morgan fingerprint density at radius 2 is 1.77 bits per heavy atom. The number of aromatic amines is 1. The SMILES string of the molecule is CC(C)(C(=O)O)c1ccc(Oc2nc3nc(-c4ccc(N5CCOCC5)cc4)c(Cl)cc3[nH]2)cc1. The minimum atomic E-state index is -0.991. The molecule has 4 aromatic rings. The molecule has 3 heterocycles. The van der Waals surface area contributed by atoms with Crippen molar-refractivity contribution in [1.82, 2.24) is 15.0 Å². The zero-order chi connectivity index (χ0) is 24.6. The number of aromatic nitrogens is 3. The van der Waals surface area contributed by atoms with Crippen molar-refractivity contribution in [3.63, 3.8) is 0 Å². The van der Waals surface area contributed by atoms with E-state index in [1.165, 1.54) is 0 Å². The molecule has 0 aliphatic carbocycles. The van der Waals surface area contributed by atoms with Crippen LogP contribution in [-0.2, 0) is 14.9 Å². The van der Waals surface area contributed by atoms with E-state index < -0.39 is 11.4 Å². The maximum absolute atomic E-state index is 11.5. The number of imidazole rings is 1. The Morgan fingerprint density at radius 1 is 1.09 bits per heavy atom. The molecule has 1 fully saturated rings. The number of nitrogens with zero attached hydrogens (tertiary/aromatic N) is 3. The van der Waals surface area contributed by atoms with Gasteiger partial charge in [-0.2, -0.15) is 4.98 Å². The number of fused-ring (bicyclic) bond motifs is 1. The summed E-state index contributed by atoms with van der Waals surface area (Å²) >= 11 is 6.56. The van der Waals surface area contributed by atoms with Crippen molar-refractivity contribution in [2.75, 3.05) is 31.2 Å². The van der Waals surface area contributed by atoms with Crippen molar-refractivity contribution in [2.24, 2.45) is 0 Å². The summed E-state index contributed by atoms with van der Waals surface area (Å²) in [7, 11) is 0. The van der Waals surface area contributed by atoms with Gasteiger partial charge >= 0.3 is 12.0 Å². The van der Waals surface area contributed by atoms with Crippen molar-refractivity contribution in [3.05, 3.63) is 65.2 Å². The molecule has 0 unspecified atom stereocenters. The fourth-order valence-electron chi connectivity index (χ4n) is 3.97. The normalized spacial score (nSPS) is 14.3. The van der Waals surface area contributed by atoms with Crippen molar-refractivity contribution >= 4 is 34.4 Å². The highest BCUT2D eigenvalue weighted by molar-refractivity contribution is 6.33. The quantitative estimate of drug-likeness (QED) is 0.378. The van der Waals surface area contributed by atoms with E-state index in [4.69, 9.17) is 21.1 Å². The van der Waals surface area contributed by atoms with E-state index in [0.29, 0.717) is 33.2 Å². The lowest BCUT2D eigenvalue weighted by Crippen LogP contribution is -2.36. The molecule has 1 aliphatic heterocycles. The molecule has 0 atom stereocenters. The third kappa shape index (κ3) is 4.67. The van der Waals surface area contributed by atoms with Gasteiger partial charge in [0.05, 0.1) is 34.9 Å². The van der Waals surface area contributed by atoms with Gasteiger partial charge in [-0.05, 0) is 49.7 Å². The molecule has 35 heavy (non-hydrogen) atoms. The molecule has 0 radical (unpaired) electrons. The fourth-order valence-corrected chi connectivity index (χ4v) is 4.23. The Bertz CT molecular complexity index is 1360. The second kappa shape index (κ2) is 9.20. The smallest absolute Gasteiger partial charge is 0.313 e. The first-order chi connectivity index (χ1) is 16.8. The van der Waals surface area contributed by atoms with E-state index in [1.807, 2.05) is 12.1 Å². The summed E-state index contributed by atoms with van der Waals surface area (Å²) in [6, 6.07) is 17.1. The van der Waals surface area contributed by atoms with Crippen LogP contribution in [0.25, 0.3) is 22.4 Å². The summed E-state index contributed by atoms with van der Waals surface area (Å²) < 4.78 is 11.3. The number of H-pyrrole nitrogens is 1. The summed E-state index contributed by atoms with van der Waals surface area (Å²) in [4.78, 5) is 26.0. The van der Waals surface area contributed by atoms with Crippen LogP contribution in [0.1, 0.15) is 19.4 Å². The van der Waals surface area contributed by atoms with Crippen molar-refractivity contribution < 1.29 is 19.4 Å². The molecule has 0 bridgehead atoms. The molecule has 2 aromatic heterocycles. The number of pyridine rings is 1. The Balaban J connectivity index is 1.36. The number of hydrogen-bond acceptors (Lipinski definition) is 6. The number of benzene rings is 2. The molecule has 0 spiro atoms. The number of nitrogens with one attached hydrogen (secondary N) is 1. The summed E-state index contributed by atoms with van der Waals surface area (Å²) in [5.74, 6) is -0.364. The number of halogens is 1. The van der Waals surface area contributed by atoms with Gasteiger partial charge in [0.15, 0.2) is 5.65 Å². The predicted molar refractivity (Wildman–Crippen MR) is 135 cm³/mol. The zero-order valence-corrected chi connectivity index (χ0v) is 20.2. The zero-order valence-electron chi connectivity index (χ0n) is 19.4. The maximum atomic E-state index is 11.5. The number of ether oxygens (including phenoxy) is 2. The number of carboxylic acids is 1. The van der Waals surface area contributed by atoms with Gasteiger partial charge in [-0.3, -0.25) is 4.79 Å². The van der Waals surface area contributed by atoms with E-state index in [0.717, 1.165) is 37.6 Å². The van der Waals surface area contributed by atoms with E-state index in [9.17, 15) is 9.90 Å². The van der Waals surface area contributed by atoms with Gasteiger partial charge in [0.25, 0.3) is 0 Å². The van der Waals surface area contributed by atoms with Crippen LogP contribution in [0.4, 0.5) is 5.69 Å². The van der Waals surface area contributed by atoms with Crippen molar-refractivity contribution in [2.45, 2.75) is 19.3 Å². The van der Waals surface area contributed by atoms with E-state index in [2.05, 4.69) is 32.0 Å². The number of morpholine rings is 1. The second-order valence-corrected chi connectivity index (χ2v) is 9.34. The van der Waals surface area contributed by atoms with Gasteiger partial charge in [-0.1, -0.05) is 35.9 Å². The maximum Gasteiger partial charge on any atom is 0.313 e. The number of hydrogen-bond donors (Lipinski definition) is 2. The summed E-state index contributed by atoms with van der Waals surface area (Å²) in [6.45, 7) is 6.54. The summed E-state index contributed by atoms with van der Waals surface area (Å²) in [5.41, 5.74) is 3.52. The topological polar surface area (TPSA) is 101 Å². The third-order valence-electron chi connectivity index (χ3n) is 6.25. The van der Waals surface area contributed by atoms with Crippen LogP contribution in [0, 0.1) is 0 Å². The molecule has 9 heteroatoms. The van der Waals surface area contributed by atoms with E-state index >= 15 is 0 Å². The average Bonchev–Trinajstić information content (AvgIpc) is 3.25. The van der Waals surface area contributed by atoms with E-state index in [-0.39, 0.29) is 6.01 Å². The number of carbonyl (C=O) groups is 1. The Morgan fingerprint density at radius 3 is 2.43 bits per heavy atom. The molecule has 1 aliphatic rings. The Hall–Kier alpha value is -3.62. The molecule has 0 saturated carbocycles. The molecule has 5 rings (SSSR count). The highest BCUT2D eigenvalue weighted by atomic mass is 35.5. The standard InChI is InChI=1S/C26H25ClN4O4/c1-26(2,24(32)33)17-5-9-19(10-6-17)35-25-28-21-15-20(27)22(29-23(21)30-25)16-3-7-18(8-4-16)31-11-13-34-14-12-31/h3-10,15H,11-14H2,1-2H3,(H,32,33)(H,28,29,30). The molecule has 2 N–H and O–H groups in total. The molecular weight excluding hydrogens is 468 g/mol. The number of carboxylic acid groups (broad SMARTS) is 1. The minimum absolute atomic E-state index is 0.272. The van der Waals surface area contributed by atoms with E-state index in [1.54, 1.807) is 44.2 Å². The third-order valence-corrected chi connectivity index (χ3v) is 6.54. The molecule has 2 aromatic carbocycles. The largest absolute Gasteiger partial charge is 0.481 e. The first kappa shape index (κ1) is 23.1. The van der Waals surface area contributed by atoms with Gasteiger partial charge in [0, 0.05) is 24.3 Å². The van der Waals surface area contributed by atoms with Crippen LogP contribution in [0.5, 0.6) is 11.8 Å². The molecule has 1 saturated heterocycles. The molecule has 8 nitrogen and oxygen atoms in total. The molecule has 180 valence electrons. The summed E-state index contributed by atoms with van der Waals surface area (Å²) in [5, 5.41) is 9.92. The highest BCUT2D eigenvalue weighted by Crippen LogP contribution is 2.32. The minimum Gasteiger partial charge on any atom is -0.481 e. The van der Waals surface area contributed by atoms with Crippen molar-refractivity contribution in [1.29, 1.82) is 0 Å². The van der Waals surface area contributed by atoms with Crippen LogP contribution in [0.2, 0.25) is 5.02 Å². The van der Waals surface area contributed by atoms with Crippen molar-refractivity contribution in [3.8, 4) is 23.0 Å².